The monoisotopic (exact) mass is 532 g/mol. The molecule has 0 fully saturated rings. The van der Waals surface area contributed by atoms with Crippen LogP contribution in [-0.4, -0.2) is 67.3 Å². The lowest BCUT2D eigenvalue weighted by atomic mass is 10.2. The first-order chi connectivity index (χ1) is 18.9. The van der Waals surface area contributed by atoms with Crippen LogP contribution in [0.1, 0.15) is 10.4 Å². The van der Waals surface area contributed by atoms with Crippen LogP contribution < -0.4 is 14.8 Å². The summed E-state index contributed by atoms with van der Waals surface area (Å²) in [6, 6.07) is 20.1. The van der Waals surface area contributed by atoms with Crippen LogP contribution in [0.25, 0.3) is 16.9 Å². The molecule has 1 N–H and O–H groups in total. The van der Waals surface area contributed by atoms with Crippen molar-refractivity contribution in [2.45, 2.75) is 0 Å². The Bertz CT molecular complexity index is 1420. The van der Waals surface area contributed by atoms with Gasteiger partial charge in [-0.1, -0.05) is 30.3 Å². The van der Waals surface area contributed by atoms with Gasteiger partial charge in [0, 0.05) is 37.0 Å². The van der Waals surface area contributed by atoms with Crippen molar-refractivity contribution in [3.05, 3.63) is 90.4 Å². The lowest BCUT2D eigenvalue weighted by Crippen LogP contribution is -2.40. The summed E-state index contributed by atoms with van der Waals surface area (Å²) in [5.41, 5.74) is 2.44. The Kier molecular flexibility index (Phi) is 8.90. The molecule has 39 heavy (non-hydrogen) atoms. The molecule has 4 rings (SSSR count). The highest BCUT2D eigenvalue weighted by Crippen LogP contribution is 2.31. The van der Waals surface area contributed by atoms with Gasteiger partial charge in [-0.25, -0.2) is 9.37 Å². The summed E-state index contributed by atoms with van der Waals surface area (Å²) >= 11 is 0. The van der Waals surface area contributed by atoms with E-state index in [0.717, 1.165) is 5.56 Å². The SMILES string of the molecule is COCCN(CC(=O)Nc1nc(-c2ccccc2)cn1-c1ccc(OC)c(OC)c1)C(=O)c1ccc(F)cc1. The summed E-state index contributed by atoms with van der Waals surface area (Å²) in [7, 11) is 4.60. The lowest BCUT2D eigenvalue weighted by Gasteiger charge is -2.22. The number of hydrogen-bond donors (Lipinski definition) is 1. The maximum absolute atomic E-state index is 13.4. The van der Waals surface area contributed by atoms with Gasteiger partial charge in [0.15, 0.2) is 11.5 Å². The van der Waals surface area contributed by atoms with E-state index in [1.807, 2.05) is 36.4 Å². The minimum atomic E-state index is -0.464. The molecule has 0 bridgehead atoms. The fraction of sp³-hybridized carbons (Fsp3) is 0.207. The zero-order valence-corrected chi connectivity index (χ0v) is 21.9. The number of rotatable bonds is 11. The molecule has 1 heterocycles. The largest absolute Gasteiger partial charge is 0.493 e. The van der Waals surface area contributed by atoms with E-state index in [2.05, 4.69) is 10.3 Å². The second-order valence-electron chi connectivity index (χ2n) is 8.50. The first kappa shape index (κ1) is 27.3. The molecule has 0 atom stereocenters. The Hall–Kier alpha value is -4.70. The van der Waals surface area contributed by atoms with E-state index in [4.69, 9.17) is 14.2 Å². The highest BCUT2D eigenvalue weighted by molar-refractivity contribution is 5.99. The molecule has 0 saturated carbocycles. The molecule has 9 nitrogen and oxygen atoms in total. The summed E-state index contributed by atoms with van der Waals surface area (Å²) in [5.74, 6) is -0.0129. The number of nitrogens with zero attached hydrogens (tertiary/aromatic N) is 3. The summed E-state index contributed by atoms with van der Waals surface area (Å²) in [4.78, 5) is 32.3. The van der Waals surface area contributed by atoms with Gasteiger partial charge >= 0.3 is 0 Å². The standard InChI is InChI=1S/C29H29FN4O5/c1-37-16-15-33(28(36)21-9-11-22(30)12-10-21)19-27(35)32-29-31-24(20-7-5-4-6-8-20)18-34(29)23-13-14-25(38-2)26(17-23)39-3/h4-14,17-18H,15-16,19H2,1-3H3,(H,31,32,35). The highest BCUT2D eigenvalue weighted by atomic mass is 19.1. The molecule has 0 unspecified atom stereocenters. The normalized spacial score (nSPS) is 10.7. The number of benzene rings is 3. The smallest absolute Gasteiger partial charge is 0.254 e. The molecule has 1 aromatic heterocycles. The summed E-state index contributed by atoms with van der Waals surface area (Å²) in [6.07, 6.45) is 1.80. The number of anilines is 1. The molecular formula is C29H29FN4O5. The molecule has 0 spiro atoms. The van der Waals surface area contributed by atoms with E-state index >= 15 is 0 Å². The van der Waals surface area contributed by atoms with Crippen molar-refractivity contribution in [1.29, 1.82) is 0 Å². The van der Waals surface area contributed by atoms with Crippen molar-refractivity contribution < 1.29 is 28.2 Å². The van der Waals surface area contributed by atoms with Crippen molar-refractivity contribution >= 4 is 17.8 Å². The number of carbonyl (C=O) groups excluding carboxylic acids is 2. The number of halogens is 1. The predicted octanol–water partition coefficient (Wildman–Crippen LogP) is 4.42. The van der Waals surface area contributed by atoms with E-state index in [1.165, 1.54) is 36.3 Å². The van der Waals surface area contributed by atoms with Gasteiger partial charge in [-0.05, 0) is 36.4 Å². The fourth-order valence-electron chi connectivity index (χ4n) is 3.95. The number of hydrogen-bond acceptors (Lipinski definition) is 6. The molecule has 4 aromatic rings. The third kappa shape index (κ3) is 6.60. The molecule has 0 saturated heterocycles. The fourth-order valence-corrected chi connectivity index (χ4v) is 3.95. The van der Waals surface area contributed by atoms with E-state index < -0.39 is 17.6 Å². The Morgan fingerprint density at radius 3 is 2.33 bits per heavy atom. The average molecular weight is 533 g/mol. The molecule has 0 aliphatic heterocycles. The van der Waals surface area contributed by atoms with Gasteiger partial charge in [0.25, 0.3) is 5.91 Å². The minimum Gasteiger partial charge on any atom is -0.493 e. The average Bonchev–Trinajstić information content (AvgIpc) is 3.38. The van der Waals surface area contributed by atoms with Gasteiger partial charge in [0.05, 0.1) is 32.2 Å². The molecule has 202 valence electrons. The number of methoxy groups -OCH3 is 3. The molecular weight excluding hydrogens is 503 g/mol. The van der Waals surface area contributed by atoms with Crippen LogP contribution in [0.15, 0.2) is 79.0 Å². The second-order valence-corrected chi connectivity index (χ2v) is 8.50. The Balaban J connectivity index is 1.64. The van der Waals surface area contributed by atoms with Gasteiger partial charge in [0.1, 0.15) is 12.4 Å². The summed E-state index contributed by atoms with van der Waals surface area (Å²) < 4.78 is 31.0. The third-order valence-electron chi connectivity index (χ3n) is 5.95. The van der Waals surface area contributed by atoms with Crippen LogP contribution in [0.3, 0.4) is 0 Å². The van der Waals surface area contributed by atoms with E-state index in [-0.39, 0.29) is 31.2 Å². The number of aromatic nitrogens is 2. The van der Waals surface area contributed by atoms with Gasteiger partial charge < -0.3 is 19.1 Å². The highest BCUT2D eigenvalue weighted by Gasteiger charge is 2.21. The van der Waals surface area contributed by atoms with E-state index in [1.54, 1.807) is 37.1 Å². The van der Waals surface area contributed by atoms with Crippen molar-refractivity contribution in [3.8, 4) is 28.4 Å². The van der Waals surface area contributed by atoms with Crippen molar-refractivity contribution in [1.82, 2.24) is 14.5 Å². The molecule has 2 amide bonds. The summed E-state index contributed by atoms with van der Waals surface area (Å²) in [5, 5.41) is 2.83. The van der Waals surface area contributed by atoms with Gasteiger partial charge in [-0.15, -0.1) is 0 Å². The molecule has 10 heteroatoms. The van der Waals surface area contributed by atoms with Crippen LogP contribution >= 0.6 is 0 Å². The van der Waals surface area contributed by atoms with Gasteiger partial charge in [0.2, 0.25) is 11.9 Å². The van der Waals surface area contributed by atoms with Crippen molar-refractivity contribution in [3.63, 3.8) is 0 Å². The maximum atomic E-state index is 13.4. The zero-order valence-electron chi connectivity index (χ0n) is 21.9. The predicted molar refractivity (Wildman–Crippen MR) is 145 cm³/mol. The first-order valence-corrected chi connectivity index (χ1v) is 12.1. The quantitative estimate of drug-likeness (QED) is 0.307. The Labute approximate surface area is 225 Å². The molecule has 3 aromatic carbocycles. The Morgan fingerprint density at radius 1 is 0.949 bits per heavy atom. The topological polar surface area (TPSA) is 94.9 Å². The summed E-state index contributed by atoms with van der Waals surface area (Å²) in [6.45, 7) is 0.122. The second kappa shape index (κ2) is 12.7. The van der Waals surface area contributed by atoms with E-state index in [9.17, 15) is 14.0 Å². The lowest BCUT2D eigenvalue weighted by molar-refractivity contribution is -0.117. The van der Waals surface area contributed by atoms with Gasteiger partial charge in [-0.3, -0.25) is 19.5 Å². The first-order valence-electron chi connectivity index (χ1n) is 12.1. The van der Waals surface area contributed by atoms with Crippen LogP contribution in [0, 0.1) is 5.82 Å². The molecule has 0 radical (unpaired) electrons. The van der Waals surface area contributed by atoms with Crippen LogP contribution in [0.5, 0.6) is 11.5 Å². The van der Waals surface area contributed by atoms with Crippen molar-refractivity contribution in [2.24, 2.45) is 0 Å². The minimum absolute atomic E-state index is 0.166. The number of imidazole rings is 1. The number of amides is 2. The van der Waals surface area contributed by atoms with Crippen LogP contribution in [0.4, 0.5) is 10.3 Å². The molecule has 0 aliphatic rings. The maximum Gasteiger partial charge on any atom is 0.254 e. The number of carbonyl (C=O) groups is 2. The zero-order chi connectivity index (χ0) is 27.8. The number of nitrogens with one attached hydrogen (secondary N) is 1. The Morgan fingerprint density at radius 2 is 1.67 bits per heavy atom. The van der Waals surface area contributed by atoms with Gasteiger partial charge in [-0.2, -0.15) is 0 Å². The van der Waals surface area contributed by atoms with Crippen molar-refractivity contribution in [2.75, 3.05) is 46.3 Å². The van der Waals surface area contributed by atoms with E-state index in [0.29, 0.717) is 22.9 Å². The number of ether oxygens (including phenoxy) is 3. The van der Waals surface area contributed by atoms with Crippen LogP contribution in [-0.2, 0) is 9.53 Å². The molecule has 0 aliphatic carbocycles. The third-order valence-corrected chi connectivity index (χ3v) is 5.95. The van der Waals surface area contributed by atoms with Crippen LogP contribution in [0.2, 0.25) is 0 Å².